The number of rotatable bonds is 5. The van der Waals surface area contributed by atoms with Gasteiger partial charge in [0, 0.05) is 6.04 Å². The Morgan fingerprint density at radius 1 is 1.22 bits per heavy atom. The highest BCUT2D eigenvalue weighted by Gasteiger charge is 2.19. The van der Waals surface area contributed by atoms with Crippen LogP contribution in [0.1, 0.15) is 52.6 Å². The van der Waals surface area contributed by atoms with Gasteiger partial charge in [-0.05, 0) is 50.4 Å². The summed E-state index contributed by atoms with van der Waals surface area (Å²) < 4.78 is 5.75. The lowest BCUT2D eigenvalue weighted by Gasteiger charge is -2.26. The molecule has 0 aliphatic heterocycles. The van der Waals surface area contributed by atoms with Crippen LogP contribution in [-0.2, 0) is 0 Å². The number of ether oxygens (including phenoxy) is 1. The molecule has 1 aromatic rings. The van der Waals surface area contributed by atoms with Crippen molar-refractivity contribution in [2.45, 2.75) is 53.2 Å². The summed E-state index contributed by atoms with van der Waals surface area (Å²) in [5.41, 5.74) is 1.60. The van der Waals surface area contributed by atoms with Crippen LogP contribution < -0.4 is 10.1 Å². The zero-order chi connectivity index (χ0) is 13.8. The quantitative estimate of drug-likeness (QED) is 0.845. The number of nitrogens with one attached hydrogen (secondary N) is 1. The number of benzene rings is 1. The zero-order valence-corrected chi connectivity index (χ0v) is 12.6. The van der Waals surface area contributed by atoms with Crippen LogP contribution in [0.3, 0.4) is 0 Å². The molecule has 0 aliphatic rings. The molecule has 1 N–H and O–H groups in total. The highest BCUT2D eigenvalue weighted by atomic mass is 16.5. The van der Waals surface area contributed by atoms with Crippen molar-refractivity contribution in [2.24, 2.45) is 5.41 Å². The van der Waals surface area contributed by atoms with Gasteiger partial charge in [-0.2, -0.15) is 0 Å². The van der Waals surface area contributed by atoms with Gasteiger partial charge in [0.2, 0.25) is 0 Å². The van der Waals surface area contributed by atoms with Gasteiger partial charge in [-0.25, -0.2) is 0 Å². The molecule has 1 aromatic carbocycles. The third-order valence-corrected chi connectivity index (χ3v) is 2.80. The third kappa shape index (κ3) is 5.09. The van der Waals surface area contributed by atoms with Gasteiger partial charge in [0.05, 0.1) is 6.10 Å². The lowest BCUT2D eigenvalue weighted by atomic mass is 9.85. The SMILES string of the molecule is CNC(CC(C)(C)C)c1cccc(OC(C)C)c1. The Hall–Kier alpha value is -1.02. The topological polar surface area (TPSA) is 21.3 Å². The summed E-state index contributed by atoms with van der Waals surface area (Å²) in [4.78, 5) is 0. The van der Waals surface area contributed by atoms with E-state index in [1.165, 1.54) is 5.56 Å². The molecule has 0 bridgehead atoms. The molecule has 1 unspecified atom stereocenters. The summed E-state index contributed by atoms with van der Waals surface area (Å²) in [7, 11) is 2.02. The first-order valence-corrected chi connectivity index (χ1v) is 6.76. The van der Waals surface area contributed by atoms with E-state index in [9.17, 15) is 0 Å². The molecular weight excluding hydrogens is 222 g/mol. The van der Waals surface area contributed by atoms with E-state index in [1.54, 1.807) is 0 Å². The largest absolute Gasteiger partial charge is 0.491 e. The van der Waals surface area contributed by atoms with Gasteiger partial charge in [-0.3, -0.25) is 0 Å². The Balaban J connectivity index is 2.86. The molecule has 102 valence electrons. The fraction of sp³-hybridized carbons (Fsp3) is 0.625. The average Bonchev–Trinajstić information content (AvgIpc) is 2.24. The van der Waals surface area contributed by atoms with Crippen LogP contribution in [0.4, 0.5) is 0 Å². The van der Waals surface area contributed by atoms with Gasteiger partial charge in [0.25, 0.3) is 0 Å². The van der Waals surface area contributed by atoms with Crippen molar-refractivity contribution in [1.82, 2.24) is 5.32 Å². The monoisotopic (exact) mass is 249 g/mol. The molecule has 2 heteroatoms. The molecule has 0 aromatic heterocycles. The lowest BCUT2D eigenvalue weighted by molar-refractivity contribution is 0.241. The minimum Gasteiger partial charge on any atom is -0.491 e. The summed E-state index contributed by atoms with van der Waals surface area (Å²) in [5, 5.41) is 3.40. The van der Waals surface area contributed by atoms with Gasteiger partial charge in [0.1, 0.15) is 5.75 Å². The van der Waals surface area contributed by atoms with Crippen molar-refractivity contribution in [2.75, 3.05) is 7.05 Å². The Morgan fingerprint density at radius 2 is 1.89 bits per heavy atom. The van der Waals surface area contributed by atoms with E-state index in [0.29, 0.717) is 11.5 Å². The van der Waals surface area contributed by atoms with E-state index in [-0.39, 0.29) is 6.10 Å². The van der Waals surface area contributed by atoms with E-state index in [4.69, 9.17) is 4.74 Å². The lowest BCUT2D eigenvalue weighted by Crippen LogP contribution is -2.22. The molecule has 0 aliphatic carbocycles. The maximum atomic E-state index is 5.75. The smallest absolute Gasteiger partial charge is 0.120 e. The van der Waals surface area contributed by atoms with E-state index < -0.39 is 0 Å². The van der Waals surface area contributed by atoms with Crippen molar-refractivity contribution >= 4 is 0 Å². The molecule has 2 nitrogen and oxygen atoms in total. The maximum absolute atomic E-state index is 5.75. The number of hydrogen-bond donors (Lipinski definition) is 1. The van der Waals surface area contributed by atoms with Crippen molar-refractivity contribution < 1.29 is 4.74 Å². The predicted octanol–water partition coefficient (Wildman–Crippen LogP) is 4.17. The van der Waals surface area contributed by atoms with Crippen molar-refractivity contribution in [3.8, 4) is 5.75 Å². The summed E-state index contributed by atoms with van der Waals surface area (Å²) in [6, 6.07) is 8.78. The van der Waals surface area contributed by atoms with Gasteiger partial charge < -0.3 is 10.1 Å². The van der Waals surface area contributed by atoms with Crippen LogP contribution in [0, 0.1) is 5.41 Å². The van der Waals surface area contributed by atoms with Crippen LogP contribution >= 0.6 is 0 Å². The summed E-state index contributed by atoms with van der Waals surface area (Å²) in [5.74, 6) is 0.955. The van der Waals surface area contributed by atoms with E-state index in [1.807, 2.05) is 13.1 Å². The van der Waals surface area contributed by atoms with Crippen molar-refractivity contribution in [3.63, 3.8) is 0 Å². The van der Waals surface area contributed by atoms with Gasteiger partial charge in [0.15, 0.2) is 0 Å². The molecule has 1 rings (SSSR count). The molecule has 0 saturated heterocycles. The zero-order valence-electron chi connectivity index (χ0n) is 12.6. The Bertz CT molecular complexity index is 366. The molecule has 0 amide bonds. The summed E-state index contributed by atoms with van der Waals surface area (Å²) in [6.45, 7) is 10.9. The summed E-state index contributed by atoms with van der Waals surface area (Å²) in [6.07, 6.45) is 1.32. The third-order valence-electron chi connectivity index (χ3n) is 2.80. The van der Waals surface area contributed by atoms with Gasteiger partial charge in [-0.1, -0.05) is 32.9 Å². The fourth-order valence-electron chi connectivity index (χ4n) is 2.08. The second kappa shape index (κ2) is 6.24. The minimum atomic E-state index is 0.218. The first-order valence-electron chi connectivity index (χ1n) is 6.76. The first-order chi connectivity index (χ1) is 8.31. The predicted molar refractivity (Wildman–Crippen MR) is 78.1 cm³/mol. The van der Waals surface area contributed by atoms with Crippen molar-refractivity contribution in [1.29, 1.82) is 0 Å². The first kappa shape index (κ1) is 15.0. The van der Waals surface area contributed by atoms with E-state index in [0.717, 1.165) is 12.2 Å². The molecule has 1 atom stereocenters. The second-order valence-corrected chi connectivity index (χ2v) is 6.35. The highest BCUT2D eigenvalue weighted by Crippen LogP contribution is 2.30. The Morgan fingerprint density at radius 3 is 2.39 bits per heavy atom. The number of hydrogen-bond acceptors (Lipinski definition) is 2. The van der Waals surface area contributed by atoms with Gasteiger partial charge in [-0.15, -0.1) is 0 Å². The van der Waals surface area contributed by atoms with Crippen LogP contribution in [0.2, 0.25) is 0 Å². The molecule has 0 spiro atoms. The molecule has 0 heterocycles. The Kier molecular flexibility index (Phi) is 5.21. The molecule has 18 heavy (non-hydrogen) atoms. The minimum absolute atomic E-state index is 0.218. The Labute approximate surface area is 112 Å². The van der Waals surface area contributed by atoms with Crippen LogP contribution in [0.25, 0.3) is 0 Å². The normalized spacial score (nSPS) is 13.7. The van der Waals surface area contributed by atoms with Crippen LogP contribution in [0.15, 0.2) is 24.3 Å². The molecule has 0 saturated carbocycles. The van der Waals surface area contributed by atoms with Gasteiger partial charge >= 0.3 is 0 Å². The van der Waals surface area contributed by atoms with E-state index >= 15 is 0 Å². The average molecular weight is 249 g/mol. The summed E-state index contributed by atoms with van der Waals surface area (Å²) >= 11 is 0. The fourth-order valence-corrected chi connectivity index (χ4v) is 2.08. The van der Waals surface area contributed by atoms with Crippen LogP contribution in [-0.4, -0.2) is 13.2 Å². The second-order valence-electron chi connectivity index (χ2n) is 6.35. The van der Waals surface area contributed by atoms with Crippen molar-refractivity contribution in [3.05, 3.63) is 29.8 Å². The standard InChI is InChI=1S/C16H27NO/c1-12(2)18-14-9-7-8-13(10-14)15(17-6)11-16(3,4)5/h7-10,12,15,17H,11H2,1-6H3. The van der Waals surface area contributed by atoms with Crippen LogP contribution in [0.5, 0.6) is 5.75 Å². The highest BCUT2D eigenvalue weighted by molar-refractivity contribution is 5.30. The molecule has 0 radical (unpaired) electrons. The maximum Gasteiger partial charge on any atom is 0.120 e. The molecule has 0 fully saturated rings. The molecular formula is C16H27NO. The van der Waals surface area contributed by atoms with E-state index in [2.05, 4.69) is 58.1 Å².